The molecule has 32 heavy (non-hydrogen) atoms. The molecule has 0 aromatic carbocycles. The third-order valence-corrected chi connectivity index (χ3v) is 4.39. The largest absolute Gasteiger partial charge is 0.456 e. The summed E-state index contributed by atoms with van der Waals surface area (Å²) in [6.45, 7) is 3.68. The van der Waals surface area contributed by atoms with Gasteiger partial charge in [-0.2, -0.15) is 26.3 Å². The van der Waals surface area contributed by atoms with Gasteiger partial charge in [-0.05, 0) is 13.8 Å². The van der Waals surface area contributed by atoms with Crippen molar-refractivity contribution in [2.45, 2.75) is 63.6 Å². The standard InChI is InChI=1S/C19H24F8O5/c1-7-12(28)30-10-17(22,23)14(3,4)9-16(20,21)19(26,27)15(5,6)32-18(24,25)11-31-13(29)8-2/h7-8H,1-2,9-11H2,3-6H3. The lowest BCUT2D eigenvalue weighted by molar-refractivity contribution is -0.377. The molecule has 5 nitrogen and oxygen atoms in total. The van der Waals surface area contributed by atoms with Gasteiger partial charge in [0, 0.05) is 24.0 Å². The van der Waals surface area contributed by atoms with Crippen molar-refractivity contribution < 1.29 is 58.9 Å². The Labute approximate surface area is 179 Å². The van der Waals surface area contributed by atoms with Crippen molar-refractivity contribution in [2.75, 3.05) is 13.2 Å². The van der Waals surface area contributed by atoms with Crippen LogP contribution in [0.25, 0.3) is 0 Å². The van der Waals surface area contributed by atoms with E-state index >= 15 is 0 Å². The fourth-order valence-corrected chi connectivity index (χ4v) is 2.33. The Bertz CT molecular complexity index is 717. The zero-order valence-electron chi connectivity index (χ0n) is 17.8. The SMILES string of the molecule is C=CC(=O)OCC(F)(F)OC(C)(C)C(F)(F)C(F)(F)CC(C)(C)C(F)(F)COC(=O)C=C. The number of carbonyl (C=O) groups is 2. The van der Waals surface area contributed by atoms with Gasteiger partial charge in [0.1, 0.15) is 5.60 Å². The van der Waals surface area contributed by atoms with Crippen LogP contribution in [0.1, 0.15) is 34.1 Å². The highest BCUT2D eigenvalue weighted by molar-refractivity contribution is 5.81. The maximum absolute atomic E-state index is 14.6. The van der Waals surface area contributed by atoms with Crippen LogP contribution in [0, 0.1) is 5.41 Å². The fraction of sp³-hybridized carbons (Fsp3) is 0.684. The molecule has 186 valence electrons. The first-order chi connectivity index (χ1) is 14.1. The summed E-state index contributed by atoms with van der Waals surface area (Å²) < 4.78 is 126. The third-order valence-electron chi connectivity index (χ3n) is 4.39. The van der Waals surface area contributed by atoms with E-state index in [1.54, 1.807) is 0 Å². The van der Waals surface area contributed by atoms with E-state index in [4.69, 9.17) is 0 Å². The van der Waals surface area contributed by atoms with Crippen LogP contribution in [0.3, 0.4) is 0 Å². The van der Waals surface area contributed by atoms with Crippen LogP contribution in [0.2, 0.25) is 0 Å². The molecule has 0 aliphatic carbocycles. The van der Waals surface area contributed by atoms with Gasteiger partial charge in [-0.25, -0.2) is 18.4 Å². The van der Waals surface area contributed by atoms with Crippen LogP contribution in [-0.4, -0.2) is 54.6 Å². The van der Waals surface area contributed by atoms with Gasteiger partial charge in [0.15, 0.2) is 13.2 Å². The normalized spacial score (nSPS) is 14.0. The molecule has 0 heterocycles. The molecular weight excluding hydrogens is 460 g/mol. The molecule has 0 aliphatic rings. The average Bonchev–Trinajstić information content (AvgIpc) is 2.62. The van der Waals surface area contributed by atoms with Gasteiger partial charge < -0.3 is 14.2 Å². The van der Waals surface area contributed by atoms with E-state index < -0.39 is 66.5 Å². The predicted molar refractivity (Wildman–Crippen MR) is 95.7 cm³/mol. The van der Waals surface area contributed by atoms with Gasteiger partial charge in [0.2, 0.25) is 0 Å². The number of ether oxygens (including phenoxy) is 3. The molecule has 0 aromatic rings. The van der Waals surface area contributed by atoms with E-state index in [9.17, 15) is 44.7 Å². The van der Waals surface area contributed by atoms with Crippen LogP contribution in [0.5, 0.6) is 0 Å². The third kappa shape index (κ3) is 7.17. The smallest absolute Gasteiger partial charge is 0.390 e. The molecule has 13 heteroatoms. The van der Waals surface area contributed by atoms with Crippen molar-refractivity contribution in [1.82, 2.24) is 0 Å². The molecule has 0 unspecified atom stereocenters. The van der Waals surface area contributed by atoms with E-state index in [0.29, 0.717) is 26.0 Å². The first-order valence-electron chi connectivity index (χ1n) is 8.87. The number of carbonyl (C=O) groups excluding carboxylic acids is 2. The predicted octanol–water partition coefficient (Wildman–Crippen LogP) is 5.16. The Kier molecular flexibility index (Phi) is 9.09. The second-order valence-corrected chi connectivity index (χ2v) is 7.92. The summed E-state index contributed by atoms with van der Waals surface area (Å²) in [6.07, 6.45) is -5.81. The molecule has 0 aromatic heterocycles. The quantitative estimate of drug-likeness (QED) is 0.206. The number of rotatable bonds is 13. The maximum atomic E-state index is 14.6. The van der Waals surface area contributed by atoms with Crippen LogP contribution in [-0.2, 0) is 23.8 Å². The van der Waals surface area contributed by atoms with Gasteiger partial charge in [-0.3, -0.25) is 0 Å². The van der Waals surface area contributed by atoms with Crippen LogP contribution in [0.15, 0.2) is 25.3 Å². The molecule has 0 saturated heterocycles. The van der Waals surface area contributed by atoms with Crippen molar-refractivity contribution in [3.8, 4) is 0 Å². The summed E-state index contributed by atoms with van der Waals surface area (Å²) in [5.41, 5.74) is -6.50. The monoisotopic (exact) mass is 484 g/mol. The fourth-order valence-electron chi connectivity index (χ4n) is 2.33. The Morgan fingerprint density at radius 3 is 1.56 bits per heavy atom. The van der Waals surface area contributed by atoms with Crippen molar-refractivity contribution in [3.63, 3.8) is 0 Å². The summed E-state index contributed by atoms with van der Waals surface area (Å²) in [5.74, 6) is -17.6. The van der Waals surface area contributed by atoms with Crippen molar-refractivity contribution in [3.05, 3.63) is 25.3 Å². The van der Waals surface area contributed by atoms with E-state index in [-0.39, 0.29) is 13.8 Å². The Balaban J connectivity index is 5.67. The minimum atomic E-state index is -5.41. The molecule has 0 rings (SSSR count). The second kappa shape index (κ2) is 9.75. The summed E-state index contributed by atoms with van der Waals surface area (Å²) in [6, 6.07) is 0. The highest BCUT2D eigenvalue weighted by Crippen LogP contribution is 2.53. The number of hydrogen-bond acceptors (Lipinski definition) is 5. The highest BCUT2D eigenvalue weighted by atomic mass is 19.3. The molecule has 0 aliphatic heterocycles. The maximum Gasteiger partial charge on any atom is 0.390 e. The van der Waals surface area contributed by atoms with E-state index in [2.05, 4.69) is 27.4 Å². The van der Waals surface area contributed by atoms with Crippen molar-refractivity contribution in [1.29, 1.82) is 0 Å². The molecule has 0 fully saturated rings. The molecule has 0 atom stereocenters. The number of alkyl halides is 8. The van der Waals surface area contributed by atoms with Gasteiger partial charge >= 0.3 is 29.9 Å². The summed E-state index contributed by atoms with van der Waals surface area (Å²) in [4.78, 5) is 21.8. The number of hydrogen-bond donors (Lipinski definition) is 0. The summed E-state index contributed by atoms with van der Waals surface area (Å²) >= 11 is 0. The highest BCUT2D eigenvalue weighted by Gasteiger charge is 2.70. The first kappa shape index (κ1) is 29.8. The minimum Gasteiger partial charge on any atom is -0.456 e. The number of esters is 2. The van der Waals surface area contributed by atoms with E-state index in [0.717, 1.165) is 0 Å². The molecular formula is C19H24F8O5. The molecule has 0 radical (unpaired) electrons. The van der Waals surface area contributed by atoms with E-state index in [1.165, 1.54) is 0 Å². The van der Waals surface area contributed by atoms with Gasteiger partial charge in [0.05, 0.1) is 0 Å². The van der Waals surface area contributed by atoms with Gasteiger partial charge in [-0.1, -0.05) is 27.0 Å². The zero-order valence-corrected chi connectivity index (χ0v) is 17.8. The topological polar surface area (TPSA) is 61.8 Å². The molecule has 0 saturated carbocycles. The lowest BCUT2D eigenvalue weighted by atomic mass is 9.76. The lowest BCUT2D eigenvalue weighted by Crippen LogP contribution is -2.61. The zero-order chi connectivity index (χ0) is 25.8. The lowest BCUT2D eigenvalue weighted by Gasteiger charge is -2.43. The van der Waals surface area contributed by atoms with Gasteiger partial charge in [-0.15, -0.1) is 0 Å². The second-order valence-electron chi connectivity index (χ2n) is 7.92. The van der Waals surface area contributed by atoms with Crippen LogP contribution >= 0.6 is 0 Å². The summed E-state index contributed by atoms with van der Waals surface area (Å²) in [5, 5.41) is 0. The number of halogens is 8. The van der Waals surface area contributed by atoms with Crippen molar-refractivity contribution >= 4 is 11.9 Å². The molecule has 0 bridgehead atoms. The Morgan fingerprint density at radius 2 is 1.16 bits per heavy atom. The minimum absolute atomic E-state index is 0.196. The first-order valence-corrected chi connectivity index (χ1v) is 8.87. The average molecular weight is 484 g/mol. The molecule has 0 spiro atoms. The molecule has 0 amide bonds. The van der Waals surface area contributed by atoms with Crippen LogP contribution in [0.4, 0.5) is 35.1 Å². The van der Waals surface area contributed by atoms with Gasteiger partial charge in [0.25, 0.3) is 5.92 Å². The van der Waals surface area contributed by atoms with Crippen LogP contribution < -0.4 is 0 Å². The molecule has 0 N–H and O–H groups in total. The van der Waals surface area contributed by atoms with Crippen molar-refractivity contribution in [2.24, 2.45) is 5.41 Å². The Morgan fingerprint density at radius 1 is 0.750 bits per heavy atom. The summed E-state index contributed by atoms with van der Waals surface area (Å²) in [7, 11) is 0. The Hall–Kier alpha value is -2.18. The van der Waals surface area contributed by atoms with E-state index in [1.807, 2.05) is 0 Å².